The topological polar surface area (TPSA) is 29.3 Å². The number of likely N-dealkylation sites (tertiary alicyclic amines) is 1. The summed E-state index contributed by atoms with van der Waals surface area (Å²) in [5, 5.41) is 0. The van der Waals surface area contributed by atoms with Gasteiger partial charge in [-0.1, -0.05) is 6.42 Å². The molecule has 4 atom stereocenters. The molecule has 0 aromatic carbocycles. The Balaban J connectivity index is 1.99. The number of nitrogens with two attached hydrogens (primary N) is 1. The average molecular weight is 196 g/mol. The molecule has 1 aliphatic carbocycles. The third-order valence-corrected chi connectivity index (χ3v) is 4.13. The maximum absolute atomic E-state index is 6.00. The average Bonchev–Trinajstić information content (AvgIpc) is 2.51. The number of hydrogen-bond acceptors (Lipinski definition) is 2. The Labute approximate surface area is 87.8 Å². The van der Waals surface area contributed by atoms with Crippen LogP contribution in [0.3, 0.4) is 0 Å². The summed E-state index contributed by atoms with van der Waals surface area (Å²) in [5.41, 5.74) is 6.00. The lowest BCUT2D eigenvalue weighted by Crippen LogP contribution is -2.49. The smallest absolute Gasteiger partial charge is 0.0116 e. The highest BCUT2D eigenvalue weighted by molar-refractivity contribution is 4.91. The van der Waals surface area contributed by atoms with Crippen LogP contribution < -0.4 is 5.73 Å². The van der Waals surface area contributed by atoms with Crippen LogP contribution in [0.15, 0.2) is 0 Å². The van der Waals surface area contributed by atoms with E-state index in [1.807, 2.05) is 0 Å². The summed E-state index contributed by atoms with van der Waals surface area (Å²) in [6.07, 6.45) is 7.98. The summed E-state index contributed by atoms with van der Waals surface area (Å²) in [6.45, 7) is 4.78. The second kappa shape index (κ2) is 4.19. The van der Waals surface area contributed by atoms with Crippen LogP contribution >= 0.6 is 0 Å². The molecule has 2 unspecified atom stereocenters. The van der Waals surface area contributed by atoms with E-state index < -0.39 is 0 Å². The van der Waals surface area contributed by atoms with E-state index in [4.69, 9.17) is 5.73 Å². The minimum absolute atomic E-state index is 0.473. The summed E-state index contributed by atoms with van der Waals surface area (Å²) in [5.74, 6) is 0. The molecule has 0 spiro atoms. The minimum Gasteiger partial charge on any atom is -0.328 e. The Morgan fingerprint density at radius 1 is 1.00 bits per heavy atom. The van der Waals surface area contributed by atoms with Crippen LogP contribution in [0.1, 0.15) is 52.4 Å². The molecular weight excluding hydrogens is 172 g/mol. The number of piperidine rings is 1. The zero-order valence-corrected chi connectivity index (χ0v) is 9.58. The first-order valence-corrected chi connectivity index (χ1v) is 6.21. The van der Waals surface area contributed by atoms with E-state index in [2.05, 4.69) is 18.7 Å². The van der Waals surface area contributed by atoms with Crippen LogP contribution in [0.25, 0.3) is 0 Å². The Morgan fingerprint density at radius 3 is 2.14 bits per heavy atom. The SMILES string of the molecule is C[C@@H]1CCC[C@H](C)N1C1CCC(N)C1. The van der Waals surface area contributed by atoms with Crippen LogP contribution in [0.4, 0.5) is 0 Å². The van der Waals surface area contributed by atoms with Gasteiger partial charge in [-0.3, -0.25) is 4.90 Å². The first kappa shape index (κ1) is 10.4. The molecule has 82 valence electrons. The van der Waals surface area contributed by atoms with E-state index in [1.54, 1.807) is 0 Å². The maximum Gasteiger partial charge on any atom is 0.0116 e. The molecule has 2 rings (SSSR count). The highest BCUT2D eigenvalue weighted by atomic mass is 15.2. The first-order valence-electron chi connectivity index (χ1n) is 6.21. The standard InChI is InChI=1S/C12H24N2/c1-9-4-3-5-10(2)14(9)12-7-6-11(13)8-12/h9-12H,3-8,13H2,1-2H3/t9-,10+,11?,12?. The number of nitrogens with zero attached hydrogens (tertiary/aromatic N) is 1. The molecule has 2 aliphatic rings. The fourth-order valence-electron chi connectivity index (χ4n) is 3.42. The number of rotatable bonds is 1. The lowest BCUT2D eigenvalue weighted by atomic mass is 9.94. The second-order valence-corrected chi connectivity index (χ2v) is 5.30. The monoisotopic (exact) mass is 196 g/mol. The molecule has 14 heavy (non-hydrogen) atoms. The summed E-state index contributed by atoms with van der Waals surface area (Å²) < 4.78 is 0. The van der Waals surface area contributed by atoms with Crippen molar-refractivity contribution in [3.63, 3.8) is 0 Å². The Morgan fingerprint density at radius 2 is 1.64 bits per heavy atom. The summed E-state index contributed by atoms with van der Waals surface area (Å²) in [7, 11) is 0. The molecule has 1 saturated heterocycles. The normalized spacial score (nSPS) is 45.6. The molecule has 0 amide bonds. The molecule has 0 radical (unpaired) electrons. The zero-order valence-electron chi connectivity index (χ0n) is 9.58. The van der Waals surface area contributed by atoms with E-state index in [9.17, 15) is 0 Å². The van der Waals surface area contributed by atoms with Crippen LogP contribution in [-0.2, 0) is 0 Å². The van der Waals surface area contributed by atoms with Gasteiger partial charge in [0.05, 0.1) is 0 Å². The second-order valence-electron chi connectivity index (χ2n) is 5.30. The van der Waals surface area contributed by atoms with Crippen LogP contribution in [0.2, 0.25) is 0 Å². The van der Waals surface area contributed by atoms with E-state index in [0.29, 0.717) is 6.04 Å². The lowest BCUT2D eigenvalue weighted by molar-refractivity contribution is 0.0571. The third kappa shape index (κ3) is 1.96. The van der Waals surface area contributed by atoms with Crippen LogP contribution in [-0.4, -0.2) is 29.1 Å². The van der Waals surface area contributed by atoms with Gasteiger partial charge in [0.15, 0.2) is 0 Å². The lowest BCUT2D eigenvalue weighted by Gasteiger charge is -2.43. The molecule has 2 fully saturated rings. The van der Waals surface area contributed by atoms with Gasteiger partial charge in [0.25, 0.3) is 0 Å². The van der Waals surface area contributed by atoms with Gasteiger partial charge in [-0.15, -0.1) is 0 Å². The van der Waals surface area contributed by atoms with Gasteiger partial charge in [0, 0.05) is 24.2 Å². The van der Waals surface area contributed by atoms with Crippen molar-refractivity contribution < 1.29 is 0 Å². The predicted octanol–water partition coefficient (Wildman–Crippen LogP) is 2.13. The van der Waals surface area contributed by atoms with Crippen molar-refractivity contribution in [1.82, 2.24) is 4.90 Å². The van der Waals surface area contributed by atoms with Gasteiger partial charge in [0.1, 0.15) is 0 Å². The minimum atomic E-state index is 0.473. The summed E-state index contributed by atoms with van der Waals surface area (Å²) in [6, 6.07) is 2.83. The van der Waals surface area contributed by atoms with Gasteiger partial charge in [-0.05, 0) is 46.0 Å². The van der Waals surface area contributed by atoms with Gasteiger partial charge in [0.2, 0.25) is 0 Å². The summed E-state index contributed by atoms with van der Waals surface area (Å²) >= 11 is 0. The molecule has 1 heterocycles. The van der Waals surface area contributed by atoms with Crippen molar-refractivity contribution in [1.29, 1.82) is 0 Å². The van der Waals surface area contributed by atoms with Gasteiger partial charge in [-0.2, -0.15) is 0 Å². The van der Waals surface area contributed by atoms with Crippen LogP contribution in [0.5, 0.6) is 0 Å². The van der Waals surface area contributed by atoms with Gasteiger partial charge < -0.3 is 5.73 Å². The molecule has 2 nitrogen and oxygen atoms in total. The van der Waals surface area contributed by atoms with Gasteiger partial charge in [-0.25, -0.2) is 0 Å². The molecular formula is C12H24N2. The third-order valence-electron chi connectivity index (χ3n) is 4.13. The highest BCUT2D eigenvalue weighted by Gasteiger charge is 2.34. The van der Waals surface area contributed by atoms with Crippen molar-refractivity contribution in [2.45, 2.75) is 76.5 Å². The van der Waals surface area contributed by atoms with E-state index in [0.717, 1.165) is 18.1 Å². The Bertz CT molecular complexity index is 183. The fraction of sp³-hybridized carbons (Fsp3) is 1.00. The zero-order chi connectivity index (χ0) is 10.1. The van der Waals surface area contributed by atoms with Crippen molar-refractivity contribution in [2.75, 3.05) is 0 Å². The van der Waals surface area contributed by atoms with E-state index in [1.165, 1.54) is 38.5 Å². The maximum atomic E-state index is 6.00. The van der Waals surface area contributed by atoms with Crippen molar-refractivity contribution in [2.24, 2.45) is 5.73 Å². The van der Waals surface area contributed by atoms with Crippen molar-refractivity contribution in [3.8, 4) is 0 Å². The first-order chi connectivity index (χ1) is 6.68. The van der Waals surface area contributed by atoms with E-state index in [-0.39, 0.29) is 0 Å². The number of hydrogen-bond donors (Lipinski definition) is 1. The molecule has 0 aromatic heterocycles. The molecule has 1 saturated carbocycles. The molecule has 0 aromatic rings. The summed E-state index contributed by atoms with van der Waals surface area (Å²) in [4.78, 5) is 2.75. The quantitative estimate of drug-likeness (QED) is 0.696. The van der Waals surface area contributed by atoms with Gasteiger partial charge >= 0.3 is 0 Å². The van der Waals surface area contributed by atoms with Crippen molar-refractivity contribution >= 4 is 0 Å². The Kier molecular flexibility index (Phi) is 3.13. The van der Waals surface area contributed by atoms with E-state index >= 15 is 0 Å². The Hall–Kier alpha value is -0.0800. The predicted molar refractivity (Wildman–Crippen MR) is 60.2 cm³/mol. The molecule has 2 heteroatoms. The largest absolute Gasteiger partial charge is 0.328 e. The fourth-order valence-corrected chi connectivity index (χ4v) is 3.42. The molecule has 1 aliphatic heterocycles. The van der Waals surface area contributed by atoms with Crippen molar-refractivity contribution in [3.05, 3.63) is 0 Å². The highest BCUT2D eigenvalue weighted by Crippen LogP contribution is 2.31. The van der Waals surface area contributed by atoms with Crippen LogP contribution in [0, 0.1) is 0 Å². The molecule has 2 N–H and O–H groups in total. The molecule has 0 bridgehead atoms.